The van der Waals surface area contributed by atoms with E-state index >= 15 is 0 Å². The van der Waals surface area contributed by atoms with Gasteiger partial charge in [-0.05, 0) is 36.6 Å². The van der Waals surface area contributed by atoms with Crippen molar-refractivity contribution in [3.8, 4) is 5.75 Å². The van der Waals surface area contributed by atoms with E-state index in [1.807, 2.05) is 24.3 Å². The van der Waals surface area contributed by atoms with E-state index in [1.165, 1.54) is 5.56 Å². The molecule has 3 rings (SSSR count). The molecule has 0 bridgehead atoms. The van der Waals surface area contributed by atoms with E-state index < -0.39 is 0 Å². The zero-order valence-electron chi connectivity index (χ0n) is 11.7. The van der Waals surface area contributed by atoms with Crippen LogP contribution in [-0.2, 0) is 11.2 Å². The lowest BCUT2D eigenvalue weighted by atomic mass is 10.1. The van der Waals surface area contributed by atoms with Crippen LogP contribution in [0.2, 0.25) is 0 Å². The van der Waals surface area contributed by atoms with Crippen LogP contribution in [0.25, 0.3) is 0 Å². The fourth-order valence-corrected chi connectivity index (χ4v) is 3.09. The fourth-order valence-electron chi connectivity index (χ4n) is 2.26. The number of nitrogens with one attached hydrogen (secondary N) is 1. The molecule has 1 aliphatic rings. The van der Waals surface area contributed by atoms with Gasteiger partial charge < -0.3 is 10.1 Å². The van der Waals surface area contributed by atoms with Crippen molar-refractivity contribution in [2.45, 2.75) is 17.7 Å². The predicted molar refractivity (Wildman–Crippen MR) is 86.1 cm³/mol. The van der Waals surface area contributed by atoms with Crippen molar-refractivity contribution < 1.29 is 9.53 Å². The molecule has 1 amide bonds. The Balaban J connectivity index is 1.51. The van der Waals surface area contributed by atoms with Crippen molar-refractivity contribution in [3.63, 3.8) is 0 Å². The lowest BCUT2D eigenvalue weighted by Gasteiger charge is -2.17. The smallest absolute Gasteiger partial charge is 0.234 e. The van der Waals surface area contributed by atoms with E-state index in [2.05, 4.69) is 29.6 Å². The van der Waals surface area contributed by atoms with E-state index in [0.717, 1.165) is 29.2 Å². The van der Waals surface area contributed by atoms with E-state index in [1.54, 1.807) is 11.8 Å². The van der Waals surface area contributed by atoms with Crippen molar-refractivity contribution >= 4 is 23.4 Å². The number of thioether (sulfide) groups is 1. The third kappa shape index (κ3) is 3.79. The van der Waals surface area contributed by atoms with Crippen LogP contribution in [-0.4, -0.2) is 18.3 Å². The van der Waals surface area contributed by atoms with Gasteiger partial charge in [0, 0.05) is 4.90 Å². The maximum absolute atomic E-state index is 11.3. The molecule has 21 heavy (non-hydrogen) atoms. The van der Waals surface area contributed by atoms with Crippen LogP contribution in [0.5, 0.6) is 5.75 Å². The molecule has 108 valence electrons. The highest BCUT2D eigenvalue weighted by Crippen LogP contribution is 2.34. The molecule has 0 fully saturated rings. The highest BCUT2D eigenvalue weighted by atomic mass is 32.2. The molecule has 0 saturated heterocycles. The number of ether oxygens (including phenoxy) is 1. The first-order valence-corrected chi connectivity index (χ1v) is 8.03. The molecule has 2 aromatic rings. The quantitative estimate of drug-likeness (QED) is 0.855. The first-order valence-electron chi connectivity index (χ1n) is 7.05. The van der Waals surface area contributed by atoms with Gasteiger partial charge in [-0.15, -0.1) is 11.8 Å². The summed E-state index contributed by atoms with van der Waals surface area (Å²) in [7, 11) is 0. The number of hydrogen-bond donors (Lipinski definition) is 1. The summed E-state index contributed by atoms with van der Waals surface area (Å²) in [6, 6.07) is 16.2. The Morgan fingerprint density at radius 2 is 2.00 bits per heavy atom. The Labute approximate surface area is 128 Å². The lowest BCUT2D eigenvalue weighted by molar-refractivity contribution is -0.113. The SMILES string of the molecule is O=C1CSc2cc(OCCCc3ccccc3)ccc2N1. The second-order valence-electron chi connectivity index (χ2n) is 4.93. The summed E-state index contributed by atoms with van der Waals surface area (Å²) in [5.41, 5.74) is 2.22. The van der Waals surface area contributed by atoms with Crippen LogP contribution in [0.4, 0.5) is 5.69 Å². The van der Waals surface area contributed by atoms with E-state index in [0.29, 0.717) is 12.4 Å². The molecule has 0 atom stereocenters. The van der Waals surface area contributed by atoms with Gasteiger partial charge in [-0.1, -0.05) is 30.3 Å². The van der Waals surface area contributed by atoms with E-state index in [-0.39, 0.29) is 5.91 Å². The normalized spacial score (nSPS) is 13.4. The largest absolute Gasteiger partial charge is 0.494 e. The molecule has 1 N–H and O–H groups in total. The molecule has 4 heteroatoms. The number of carbonyl (C=O) groups excluding carboxylic acids is 1. The fraction of sp³-hybridized carbons (Fsp3) is 0.235. The maximum Gasteiger partial charge on any atom is 0.234 e. The molecule has 0 spiro atoms. The van der Waals surface area contributed by atoms with Gasteiger partial charge in [0.1, 0.15) is 5.75 Å². The Kier molecular flexibility index (Phi) is 4.46. The van der Waals surface area contributed by atoms with E-state index in [4.69, 9.17) is 4.74 Å². The van der Waals surface area contributed by atoms with Gasteiger partial charge in [0.2, 0.25) is 5.91 Å². The third-order valence-corrected chi connectivity index (χ3v) is 4.36. The Morgan fingerprint density at radius 1 is 1.14 bits per heavy atom. The van der Waals surface area contributed by atoms with Gasteiger partial charge in [-0.2, -0.15) is 0 Å². The number of fused-ring (bicyclic) bond motifs is 1. The van der Waals surface area contributed by atoms with Crippen LogP contribution < -0.4 is 10.1 Å². The molecule has 1 heterocycles. The molecule has 0 radical (unpaired) electrons. The van der Waals surface area contributed by atoms with Gasteiger partial charge in [0.25, 0.3) is 0 Å². The average Bonchev–Trinajstić information content (AvgIpc) is 2.52. The molecule has 3 nitrogen and oxygen atoms in total. The predicted octanol–water partition coefficient (Wildman–Crippen LogP) is 3.74. The molecule has 1 aliphatic heterocycles. The highest BCUT2D eigenvalue weighted by molar-refractivity contribution is 8.00. The summed E-state index contributed by atoms with van der Waals surface area (Å²) in [6.45, 7) is 0.699. The van der Waals surface area contributed by atoms with Crippen molar-refractivity contribution in [2.75, 3.05) is 17.7 Å². The number of amides is 1. The number of carbonyl (C=O) groups is 1. The summed E-state index contributed by atoms with van der Waals surface area (Å²) in [4.78, 5) is 12.4. The van der Waals surface area contributed by atoms with Gasteiger partial charge in [0.15, 0.2) is 0 Å². The number of rotatable bonds is 5. The Bertz CT molecular complexity index is 628. The van der Waals surface area contributed by atoms with Crippen LogP contribution >= 0.6 is 11.8 Å². The minimum atomic E-state index is 0.0593. The van der Waals surface area contributed by atoms with Crippen molar-refractivity contribution in [1.82, 2.24) is 0 Å². The molecule has 0 aliphatic carbocycles. The summed E-state index contributed by atoms with van der Waals surface area (Å²) in [5.74, 6) is 1.40. The number of benzene rings is 2. The van der Waals surface area contributed by atoms with Crippen molar-refractivity contribution in [1.29, 1.82) is 0 Å². The second kappa shape index (κ2) is 6.68. The number of hydrogen-bond acceptors (Lipinski definition) is 3. The van der Waals surface area contributed by atoms with Crippen LogP contribution in [0, 0.1) is 0 Å². The molecular formula is C17H17NO2S. The molecule has 2 aromatic carbocycles. The Hall–Kier alpha value is -1.94. The monoisotopic (exact) mass is 299 g/mol. The molecule has 0 saturated carbocycles. The van der Waals surface area contributed by atoms with Crippen LogP contribution in [0.3, 0.4) is 0 Å². The summed E-state index contributed by atoms with van der Waals surface area (Å²) >= 11 is 1.56. The third-order valence-electron chi connectivity index (χ3n) is 3.31. The van der Waals surface area contributed by atoms with Crippen molar-refractivity contribution in [3.05, 3.63) is 54.1 Å². The topological polar surface area (TPSA) is 38.3 Å². The Morgan fingerprint density at radius 3 is 2.86 bits per heavy atom. The minimum Gasteiger partial charge on any atom is -0.494 e. The zero-order chi connectivity index (χ0) is 14.5. The van der Waals surface area contributed by atoms with Crippen LogP contribution in [0.15, 0.2) is 53.4 Å². The van der Waals surface area contributed by atoms with Gasteiger partial charge in [0.05, 0.1) is 18.0 Å². The lowest BCUT2D eigenvalue weighted by Crippen LogP contribution is -2.18. The average molecular weight is 299 g/mol. The molecule has 0 aromatic heterocycles. The number of anilines is 1. The number of aryl methyl sites for hydroxylation is 1. The standard InChI is InChI=1S/C17H17NO2S/c19-17-12-21-16-11-14(8-9-15(16)18-17)20-10-4-7-13-5-2-1-3-6-13/h1-3,5-6,8-9,11H,4,7,10,12H2,(H,18,19). The van der Waals surface area contributed by atoms with E-state index in [9.17, 15) is 4.79 Å². The summed E-state index contributed by atoms with van der Waals surface area (Å²) < 4.78 is 5.79. The molecule has 0 unspecified atom stereocenters. The van der Waals surface area contributed by atoms with Crippen LogP contribution in [0.1, 0.15) is 12.0 Å². The maximum atomic E-state index is 11.3. The first kappa shape index (κ1) is 14.0. The summed E-state index contributed by atoms with van der Waals surface area (Å²) in [5, 5.41) is 2.86. The second-order valence-corrected chi connectivity index (χ2v) is 5.95. The summed E-state index contributed by atoms with van der Waals surface area (Å²) in [6.07, 6.45) is 2.02. The first-order chi connectivity index (χ1) is 10.3. The molecular weight excluding hydrogens is 282 g/mol. The van der Waals surface area contributed by atoms with Gasteiger partial charge in [-0.3, -0.25) is 4.79 Å². The zero-order valence-corrected chi connectivity index (χ0v) is 12.5. The minimum absolute atomic E-state index is 0.0593. The van der Waals surface area contributed by atoms with Gasteiger partial charge >= 0.3 is 0 Å². The van der Waals surface area contributed by atoms with Gasteiger partial charge in [-0.25, -0.2) is 0 Å². The van der Waals surface area contributed by atoms with Crippen molar-refractivity contribution in [2.24, 2.45) is 0 Å². The highest BCUT2D eigenvalue weighted by Gasteiger charge is 2.15.